The minimum absolute atomic E-state index is 0.306. The minimum atomic E-state index is -0.866. The molecule has 0 aromatic heterocycles. The van der Waals surface area contributed by atoms with Crippen LogP contribution in [0, 0.1) is 5.92 Å². The fraction of sp³-hybridized carbons (Fsp3) is 0.933. The second kappa shape index (κ2) is 25.5. The largest absolute Gasteiger partial charge is 0.502 e. The zero-order valence-electron chi connectivity index (χ0n) is 23.7. The van der Waals surface area contributed by atoms with Crippen molar-refractivity contribution in [3.05, 3.63) is 12.3 Å². The van der Waals surface area contributed by atoms with Gasteiger partial charge in [0.15, 0.2) is 0 Å². The maximum absolute atomic E-state index is 6.18. The lowest BCUT2D eigenvalue weighted by Gasteiger charge is -2.39. The van der Waals surface area contributed by atoms with Crippen LogP contribution in [0.25, 0.3) is 0 Å². The number of allylic oxidation sites excluding steroid dienone is 1. The van der Waals surface area contributed by atoms with Crippen LogP contribution >= 0.6 is 0 Å². The molecule has 0 aliphatic carbocycles. The van der Waals surface area contributed by atoms with Gasteiger partial charge in [-0.25, -0.2) is 0 Å². The Morgan fingerprint density at radius 2 is 0.971 bits per heavy atom. The molecule has 204 valence electrons. The van der Waals surface area contributed by atoms with Crippen molar-refractivity contribution in [2.45, 2.75) is 150 Å². The van der Waals surface area contributed by atoms with E-state index in [1.165, 1.54) is 96.3 Å². The summed E-state index contributed by atoms with van der Waals surface area (Å²) in [5, 5.41) is 0. The molecule has 0 N–H and O–H groups in total. The van der Waals surface area contributed by atoms with Crippen LogP contribution in [0.1, 0.15) is 144 Å². The summed E-state index contributed by atoms with van der Waals surface area (Å²) < 4.78 is 23.9. The number of hydrogen-bond acceptors (Lipinski definition) is 4. The molecule has 0 amide bonds. The van der Waals surface area contributed by atoms with Crippen molar-refractivity contribution in [3.63, 3.8) is 0 Å². The predicted molar refractivity (Wildman–Crippen MR) is 146 cm³/mol. The van der Waals surface area contributed by atoms with Crippen molar-refractivity contribution in [3.8, 4) is 0 Å². The van der Waals surface area contributed by atoms with Gasteiger partial charge in [0.25, 0.3) is 5.97 Å². The van der Waals surface area contributed by atoms with Gasteiger partial charge in [-0.2, -0.15) is 0 Å². The highest BCUT2D eigenvalue weighted by molar-refractivity contribution is 4.73. The molecule has 4 nitrogen and oxygen atoms in total. The standard InChI is InChI=1S/C30H60O4/c1-6-11-12-13-16-19-22-25-29(30(32-8-3,33-9-4)34-10-5)26-23-20-17-14-15-18-21-24-28-31-27-7-2/h7,27,29H,6,8-26,28H2,1-5H3. The summed E-state index contributed by atoms with van der Waals surface area (Å²) in [6, 6.07) is 0. The van der Waals surface area contributed by atoms with Crippen LogP contribution in [0.2, 0.25) is 0 Å². The van der Waals surface area contributed by atoms with Crippen molar-refractivity contribution < 1.29 is 18.9 Å². The zero-order valence-corrected chi connectivity index (χ0v) is 23.7. The third-order valence-corrected chi connectivity index (χ3v) is 6.49. The quantitative estimate of drug-likeness (QED) is 0.0660. The molecule has 0 rings (SSSR count). The Bertz CT molecular complexity index is 407. The first kappa shape index (κ1) is 33.4. The van der Waals surface area contributed by atoms with Crippen molar-refractivity contribution in [1.82, 2.24) is 0 Å². The van der Waals surface area contributed by atoms with E-state index in [-0.39, 0.29) is 0 Å². The fourth-order valence-corrected chi connectivity index (χ4v) is 4.73. The summed E-state index contributed by atoms with van der Waals surface area (Å²) in [4.78, 5) is 0. The van der Waals surface area contributed by atoms with Gasteiger partial charge >= 0.3 is 0 Å². The number of rotatable bonds is 27. The second-order valence-electron chi connectivity index (χ2n) is 9.47. The van der Waals surface area contributed by atoms with Crippen LogP contribution in [0.4, 0.5) is 0 Å². The van der Waals surface area contributed by atoms with E-state index >= 15 is 0 Å². The molecule has 0 spiro atoms. The van der Waals surface area contributed by atoms with Crippen LogP contribution < -0.4 is 0 Å². The van der Waals surface area contributed by atoms with Gasteiger partial charge in [-0.05, 0) is 47.0 Å². The van der Waals surface area contributed by atoms with E-state index in [1.807, 2.05) is 33.8 Å². The van der Waals surface area contributed by atoms with Gasteiger partial charge in [-0.1, -0.05) is 103 Å². The molecule has 0 bridgehead atoms. The third kappa shape index (κ3) is 17.8. The summed E-state index contributed by atoms with van der Waals surface area (Å²) in [7, 11) is 0. The third-order valence-electron chi connectivity index (χ3n) is 6.49. The molecule has 0 aromatic carbocycles. The first-order valence-electron chi connectivity index (χ1n) is 14.8. The van der Waals surface area contributed by atoms with Gasteiger partial charge in [-0.3, -0.25) is 0 Å². The van der Waals surface area contributed by atoms with Crippen LogP contribution in [-0.4, -0.2) is 32.4 Å². The number of unbranched alkanes of at least 4 members (excludes halogenated alkanes) is 13. The Kier molecular flexibility index (Phi) is 25.1. The Morgan fingerprint density at radius 1 is 0.559 bits per heavy atom. The molecule has 0 aliphatic rings. The SMILES string of the molecule is CC=COCCCCCCCCCCC(CCCCCCCCC)C(OCC)(OCC)OCC. The highest BCUT2D eigenvalue weighted by Gasteiger charge is 2.41. The lowest BCUT2D eigenvalue weighted by atomic mass is 9.91. The van der Waals surface area contributed by atoms with Gasteiger partial charge in [0.05, 0.1) is 12.9 Å². The normalized spacial score (nSPS) is 13.1. The van der Waals surface area contributed by atoms with Crippen molar-refractivity contribution in [2.75, 3.05) is 26.4 Å². The molecule has 0 saturated heterocycles. The van der Waals surface area contributed by atoms with Gasteiger partial charge in [0, 0.05) is 25.7 Å². The minimum Gasteiger partial charge on any atom is -0.502 e. The Hall–Kier alpha value is -0.580. The highest BCUT2D eigenvalue weighted by Crippen LogP contribution is 2.34. The van der Waals surface area contributed by atoms with E-state index in [4.69, 9.17) is 18.9 Å². The molecule has 1 atom stereocenters. The molecular weight excluding hydrogens is 424 g/mol. The summed E-state index contributed by atoms with van der Waals surface area (Å²) in [6.07, 6.45) is 25.6. The Balaban J connectivity index is 4.42. The van der Waals surface area contributed by atoms with Gasteiger partial charge in [0.2, 0.25) is 0 Å². The fourth-order valence-electron chi connectivity index (χ4n) is 4.73. The van der Waals surface area contributed by atoms with Crippen LogP contribution in [0.15, 0.2) is 12.3 Å². The summed E-state index contributed by atoms with van der Waals surface area (Å²) in [5.74, 6) is -0.560. The molecule has 0 aliphatic heterocycles. The van der Waals surface area contributed by atoms with E-state index in [1.54, 1.807) is 6.26 Å². The number of ether oxygens (including phenoxy) is 4. The maximum Gasteiger partial charge on any atom is 0.285 e. The van der Waals surface area contributed by atoms with E-state index in [0.29, 0.717) is 25.7 Å². The Labute approximate surface area is 213 Å². The van der Waals surface area contributed by atoms with E-state index in [0.717, 1.165) is 19.4 Å². The lowest BCUT2D eigenvalue weighted by Crippen LogP contribution is -2.46. The Morgan fingerprint density at radius 3 is 1.38 bits per heavy atom. The van der Waals surface area contributed by atoms with Crippen molar-refractivity contribution >= 4 is 0 Å². The molecule has 0 saturated carbocycles. The van der Waals surface area contributed by atoms with Crippen molar-refractivity contribution in [2.24, 2.45) is 5.92 Å². The van der Waals surface area contributed by atoms with Crippen molar-refractivity contribution in [1.29, 1.82) is 0 Å². The number of hydrogen-bond donors (Lipinski definition) is 0. The smallest absolute Gasteiger partial charge is 0.285 e. The first-order valence-corrected chi connectivity index (χ1v) is 14.8. The lowest BCUT2D eigenvalue weighted by molar-refractivity contribution is -0.403. The van der Waals surface area contributed by atoms with E-state index in [9.17, 15) is 0 Å². The first-order chi connectivity index (χ1) is 16.7. The zero-order chi connectivity index (χ0) is 25.2. The maximum atomic E-state index is 6.18. The monoisotopic (exact) mass is 484 g/mol. The topological polar surface area (TPSA) is 36.9 Å². The average molecular weight is 485 g/mol. The molecule has 0 aromatic rings. The van der Waals surface area contributed by atoms with Crippen LogP contribution in [0.3, 0.4) is 0 Å². The summed E-state index contributed by atoms with van der Waals surface area (Å²) >= 11 is 0. The molecule has 34 heavy (non-hydrogen) atoms. The molecule has 0 fully saturated rings. The molecular formula is C30H60O4. The summed E-state index contributed by atoms with van der Waals surface area (Å²) in [6.45, 7) is 13.1. The van der Waals surface area contributed by atoms with E-state index in [2.05, 4.69) is 6.92 Å². The summed E-state index contributed by atoms with van der Waals surface area (Å²) in [5.41, 5.74) is 0. The average Bonchev–Trinajstić information content (AvgIpc) is 2.83. The second-order valence-corrected chi connectivity index (χ2v) is 9.47. The van der Waals surface area contributed by atoms with Gasteiger partial charge in [0.1, 0.15) is 0 Å². The molecule has 4 heteroatoms. The molecule has 0 radical (unpaired) electrons. The van der Waals surface area contributed by atoms with Crippen LogP contribution in [-0.2, 0) is 18.9 Å². The van der Waals surface area contributed by atoms with Crippen LogP contribution in [0.5, 0.6) is 0 Å². The van der Waals surface area contributed by atoms with Gasteiger partial charge < -0.3 is 18.9 Å². The predicted octanol–water partition coefficient (Wildman–Crippen LogP) is 9.57. The van der Waals surface area contributed by atoms with Gasteiger partial charge in [-0.15, -0.1) is 0 Å². The molecule has 1 unspecified atom stereocenters. The highest BCUT2D eigenvalue weighted by atomic mass is 16.9. The van der Waals surface area contributed by atoms with E-state index < -0.39 is 5.97 Å². The molecule has 0 heterocycles.